The molecular weight excluding hydrogens is 326 g/mol. The van der Waals surface area contributed by atoms with Gasteiger partial charge in [0.2, 0.25) is 0 Å². The van der Waals surface area contributed by atoms with Crippen molar-refractivity contribution < 1.29 is 14.6 Å². The van der Waals surface area contributed by atoms with E-state index in [4.69, 9.17) is 17.0 Å². The zero-order chi connectivity index (χ0) is 17.2. The van der Waals surface area contributed by atoms with Crippen LogP contribution in [0.1, 0.15) is 11.1 Å². The van der Waals surface area contributed by atoms with Crippen LogP contribution >= 0.6 is 12.2 Å². The summed E-state index contributed by atoms with van der Waals surface area (Å²) in [4.78, 5) is 10.5. The second-order valence-corrected chi connectivity index (χ2v) is 5.15. The summed E-state index contributed by atoms with van der Waals surface area (Å²) in [6.07, 6.45) is 1.50. The molecule has 0 amide bonds. The molecule has 2 rings (SSSR count). The van der Waals surface area contributed by atoms with E-state index in [0.29, 0.717) is 23.0 Å². The first-order valence-electron chi connectivity index (χ1n) is 7.17. The number of aliphatic carboxylic acids is 1. The first-order chi connectivity index (χ1) is 11.6. The summed E-state index contributed by atoms with van der Waals surface area (Å²) >= 11 is 5.13. The molecule has 0 bridgehead atoms. The van der Waals surface area contributed by atoms with Crippen molar-refractivity contribution in [3.05, 3.63) is 65.7 Å². The molecule has 2 N–H and O–H groups in total. The van der Waals surface area contributed by atoms with Crippen LogP contribution in [-0.4, -0.2) is 23.9 Å². The fraction of sp³-hybridized carbons (Fsp3) is 0.118. The number of nitrogens with one attached hydrogen (secondary N) is 2. The first-order valence-corrected chi connectivity index (χ1v) is 7.58. The van der Waals surface area contributed by atoms with Crippen molar-refractivity contribution in [2.45, 2.75) is 6.54 Å². The Labute approximate surface area is 145 Å². The molecule has 0 fully saturated rings. The van der Waals surface area contributed by atoms with E-state index in [2.05, 4.69) is 15.8 Å². The second kappa shape index (κ2) is 9.26. The van der Waals surface area contributed by atoms with Crippen LogP contribution in [0.15, 0.2) is 59.7 Å². The monoisotopic (exact) mass is 342 g/mol. The number of hydrogen-bond donors (Lipinski definition) is 2. The number of rotatable bonds is 7. The largest absolute Gasteiger partial charge is 0.546 e. The third-order valence-electron chi connectivity index (χ3n) is 2.93. The third-order valence-corrected chi connectivity index (χ3v) is 3.17. The maximum atomic E-state index is 10.5. The molecule has 0 saturated heterocycles. The highest BCUT2D eigenvalue weighted by atomic mass is 32.1. The molecule has 2 aromatic carbocycles. The number of ether oxygens (including phenoxy) is 1. The number of hydrogen-bond acceptors (Lipinski definition) is 5. The average Bonchev–Trinajstić information content (AvgIpc) is 2.60. The number of carboxylic acid groups (broad SMARTS) is 1. The lowest BCUT2D eigenvalue weighted by molar-refractivity contribution is -0.307. The van der Waals surface area contributed by atoms with Gasteiger partial charge >= 0.3 is 0 Å². The van der Waals surface area contributed by atoms with E-state index in [0.717, 1.165) is 5.56 Å². The molecule has 6 nitrogen and oxygen atoms in total. The number of carbonyl (C=O) groups excluding carboxylic acids is 1. The van der Waals surface area contributed by atoms with Gasteiger partial charge in [0, 0.05) is 12.1 Å². The minimum Gasteiger partial charge on any atom is -0.546 e. The van der Waals surface area contributed by atoms with E-state index in [1.54, 1.807) is 24.3 Å². The van der Waals surface area contributed by atoms with Gasteiger partial charge in [-0.05, 0) is 29.9 Å². The molecule has 24 heavy (non-hydrogen) atoms. The van der Waals surface area contributed by atoms with Crippen LogP contribution in [0.4, 0.5) is 0 Å². The molecule has 0 aliphatic carbocycles. The van der Waals surface area contributed by atoms with Crippen molar-refractivity contribution in [1.82, 2.24) is 10.7 Å². The summed E-state index contributed by atoms with van der Waals surface area (Å²) in [6, 6.07) is 16.8. The zero-order valence-electron chi connectivity index (χ0n) is 12.8. The fourth-order valence-corrected chi connectivity index (χ4v) is 1.96. The predicted molar refractivity (Wildman–Crippen MR) is 93.6 cm³/mol. The summed E-state index contributed by atoms with van der Waals surface area (Å²) in [7, 11) is 0. The van der Waals surface area contributed by atoms with Crippen LogP contribution in [0.3, 0.4) is 0 Å². The van der Waals surface area contributed by atoms with Gasteiger partial charge in [0.05, 0.1) is 12.2 Å². The highest BCUT2D eigenvalue weighted by Gasteiger charge is 2.00. The number of carbonyl (C=O) groups is 1. The summed E-state index contributed by atoms with van der Waals surface area (Å²) in [5.41, 5.74) is 4.42. The molecule has 7 heteroatoms. The SMILES string of the molecule is O=C([O-])COc1ccccc1/C=N\NC(=S)NCc1ccccc1. The number of carboxylic acids is 1. The lowest BCUT2D eigenvalue weighted by Crippen LogP contribution is -2.31. The van der Waals surface area contributed by atoms with Crippen molar-refractivity contribution in [3.8, 4) is 5.75 Å². The van der Waals surface area contributed by atoms with E-state index in [9.17, 15) is 9.90 Å². The Kier molecular flexibility index (Phi) is 6.73. The van der Waals surface area contributed by atoms with Crippen molar-refractivity contribution in [3.63, 3.8) is 0 Å². The fourth-order valence-electron chi connectivity index (χ4n) is 1.83. The van der Waals surface area contributed by atoms with Gasteiger partial charge in [-0.15, -0.1) is 0 Å². The van der Waals surface area contributed by atoms with Crippen molar-refractivity contribution in [2.24, 2.45) is 5.10 Å². The van der Waals surface area contributed by atoms with Gasteiger partial charge < -0.3 is 20.0 Å². The van der Waals surface area contributed by atoms with Crippen molar-refractivity contribution >= 4 is 29.5 Å². The van der Waals surface area contributed by atoms with Gasteiger partial charge in [-0.25, -0.2) is 0 Å². The minimum absolute atomic E-state index is 0.378. The van der Waals surface area contributed by atoms with Gasteiger partial charge in [-0.3, -0.25) is 5.43 Å². The molecular formula is C17H16N3O3S-. The van der Waals surface area contributed by atoms with Gasteiger partial charge in [0.15, 0.2) is 5.11 Å². The summed E-state index contributed by atoms with van der Waals surface area (Å²) in [6.45, 7) is 0.0723. The Bertz CT molecular complexity index is 720. The Morgan fingerprint density at radius 1 is 1.17 bits per heavy atom. The summed E-state index contributed by atoms with van der Waals surface area (Å²) < 4.78 is 5.13. The topological polar surface area (TPSA) is 85.8 Å². The standard InChI is InChI=1S/C17H17N3O3S/c21-16(22)12-23-15-9-5-4-8-14(15)11-19-20-17(24)18-10-13-6-2-1-3-7-13/h1-9,11H,10,12H2,(H,21,22)(H2,18,20,24)/p-1/b19-11-. The van der Waals surface area contributed by atoms with E-state index >= 15 is 0 Å². The van der Waals surface area contributed by atoms with Crippen LogP contribution in [0, 0.1) is 0 Å². The van der Waals surface area contributed by atoms with E-state index in [1.165, 1.54) is 6.21 Å². The van der Waals surface area contributed by atoms with Crippen LogP contribution < -0.4 is 20.6 Å². The molecule has 0 aliphatic rings. The van der Waals surface area contributed by atoms with Gasteiger partial charge in [-0.2, -0.15) is 5.10 Å². The molecule has 0 heterocycles. The van der Waals surface area contributed by atoms with Crippen LogP contribution in [0.2, 0.25) is 0 Å². The highest BCUT2D eigenvalue weighted by Crippen LogP contribution is 2.15. The smallest absolute Gasteiger partial charge is 0.187 e. The normalized spacial score (nSPS) is 10.3. The van der Waals surface area contributed by atoms with Crippen LogP contribution in [0.25, 0.3) is 0 Å². The number of thiocarbonyl (C=S) groups is 1. The second-order valence-electron chi connectivity index (χ2n) is 4.74. The quantitative estimate of drug-likeness (QED) is 0.440. The Morgan fingerprint density at radius 2 is 1.88 bits per heavy atom. The van der Waals surface area contributed by atoms with E-state index in [1.807, 2.05) is 30.3 Å². The summed E-state index contributed by atoms with van der Waals surface area (Å²) in [5, 5.41) is 17.9. The molecule has 0 saturated carbocycles. The van der Waals surface area contributed by atoms with Gasteiger partial charge in [0.1, 0.15) is 12.4 Å². The van der Waals surface area contributed by atoms with E-state index < -0.39 is 12.6 Å². The molecule has 2 aromatic rings. The summed E-state index contributed by atoms with van der Waals surface area (Å²) in [5.74, 6) is -0.887. The molecule has 0 atom stereocenters. The van der Waals surface area contributed by atoms with Crippen molar-refractivity contribution in [2.75, 3.05) is 6.61 Å². The number of nitrogens with zero attached hydrogens (tertiary/aromatic N) is 1. The molecule has 0 radical (unpaired) electrons. The molecule has 124 valence electrons. The third kappa shape index (κ3) is 6.05. The maximum absolute atomic E-state index is 10.5. The minimum atomic E-state index is -1.29. The van der Waals surface area contributed by atoms with Crippen LogP contribution in [0.5, 0.6) is 5.75 Å². The number of hydrazone groups is 1. The van der Waals surface area contributed by atoms with E-state index in [-0.39, 0.29) is 0 Å². The van der Waals surface area contributed by atoms with Crippen molar-refractivity contribution in [1.29, 1.82) is 0 Å². The molecule has 0 aliphatic heterocycles. The molecule has 0 aromatic heterocycles. The van der Waals surface area contributed by atoms with Gasteiger partial charge in [-0.1, -0.05) is 42.5 Å². The Morgan fingerprint density at radius 3 is 2.62 bits per heavy atom. The lowest BCUT2D eigenvalue weighted by Gasteiger charge is -2.09. The molecule has 0 unspecified atom stereocenters. The Hall–Kier alpha value is -2.93. The first kappa shape index (κ1) is 17.4. The Balaban J connectivity index is 1.85. The van der Waals surface area contributed by atoms with Gasteiger partial charge in [0.25, 0.3) is 0 Å². The molecule has 0 spiro atoms. The average molecular weight is 342 g/mol. The maximum Gasteiger partial charge on any atom is 0.187 e. The zero-order valence-corrected chi connectivity index (χ0v) is 13.6. The number of benzene rings is 2. The lowest BCUT2D eigenvalue weighted by atomic mass is 10.2. The van der Waals surface area contributed by atoms with Crippen LogP contribution in [-0.2, 0) is 11.3 Å². The highest BCUT2D eigenvalue weighted by molar-refractivity contribution is 7.80. The predicted octanol–water partition coefficient (Wildman–Crippen LogP) is 0.813. The number of para-hydroxylation sites is 1.